The van der Waals surface area contributed by atoms with E-state index in [0.717, 1.165) is 35.1 Å². The van der Waals surface area contributed by atoms with Crippen LogP contribution in [0.3, 0.4) is 0 Å². The van der Waals surface area contributed by atoms with E-state index in [-0.39, 0.29) is 30.2 Å². The van der Waals surface area contributed by atoms with Gasteiger partial charge in [-0.25, -0.2) is 15.3 Å². The Morgan fingerprint density at radius 1 is 0.889 bits per heavy atom. The van der Waals surface area contributed by atoms with Gasteiger partial charge in [0, 0.05) is 25.1 Å². The van der Waals surface area contributed by atoms with Crippen molar-refractivity contribution in [1.29, 1.82) is 0 Å². The van der Waals surface area contributed by atoms with Gasteiger partial charge in [-0.3, -0.25) is 19.6 Å². The molecule has 0 saturated carbocycles. The third-order valence-corrected chi connectivity index (χ3v) is 9.20. The molecular formula is C38H42ClN9O6. The molecule has 54 heavy (non-hydrogen) atoms. The van der Waals surface area contributed by atoms with Crippen molar-refractivity contribution < 1.29 is 29.5 Å². The van der Waals surface area contributed by atoms with Crippen LogP contribution >= 0.6 is 11.6 Å². The minimum atomic E-state index is -1.34. The van der Waals surface area contributed by atoms with Crippen molar-refractivity contribution in [2.75, 3.05) is 6.54 Å². The molecule has 282 valence electrons. The first-order valence-electron chi connectivity index (χ1n) is 17.7. The van der Waals surface area contributed by atoms with E-state index in [1.165, 1.54) is 5.48 Å². The zero-order chi connectivity index (χ0) is 38.5. The molecule has 0 saturated heterocycles. The average molecular weight is 756 g/mol. The van der Waals surface area contributed by atoms with Crippen molar-refractivity contribution in [2.24, 2.45) is 5.92 Å². The topological polar surface area (TPSA) is 217 Å². The Bertz CT molecular complexity index is 2020. The van der Waals surface area contributed by atoms with Gasteiger partial charge in [0.15, 0.2) is 5.15 Å². The Morgan fingerprint density at radius 2 is 1.61 bits per heavy atom. The number of aryl methyl sites for hydroxylation is 1. The lowest BCUT2D eigenvalue weighted by Gasteiger charge is -2.19. The number of benzene rings is 3. The van der Waals surface area contributed by atoms with Gasteiger partial charge in [0.25, 0.3) is 11.8 Å². The average Bonchev–Trinajstić information content (AvgIpc) is 3.83. The highest BCUT2D eigenvalue weighted by atomic mass is 35.5. The molecule has 0 radical (unpaired) electrons. The van der Waals surface area contributed by atoms with Crippen LogP contribution in [-0.2, 0) is 33.8 Å². The summed E-state index contributed by atoms with van der Waals surface area (Å²) in [5, 5.41) is 38.8. The van der Waals surface area contributed by atoms with Crippen molar-refractivity contribution in [1.82, 2.24) is 46.3 Å². The smallest absolute Gasteiger partial charge is 0.326 e. The van der Waals surface area contributed by atoms with Crippen LogP contribution in [0.15, 0.2) is 78.9 Å². The van der Waals surface area contributed by atoms with Crippen LogP contribution in [0.25, 0.3) is 22.5 Å². The quantitative estimate of drug-likeness (QED) is 0.0298. The molecule has 0 aliphatic carbocycles. The normalized spacial score (nSPS) is 12.1. The zero-order valence-corrected chi connectivity index (χ0v) is 30.4. The second-order valence-corrected chi connectivity index (χ2v) is 13.1. The lowest BCUT2D eigenvalue weighted by molar-refractivity contribution is -0.146. The van der Waals surface area contributed by atoms with E-state index < -0.39 is 35.7 Å². The number of carboxylic acid groups (broad SMARTS) is 1. The van der Waals surface area contributed by atoms with Gasteiger partial charge in [-0.05, 0) is 59.6 Å². The van der Waals surface area contributed by atoms with E-state index in [4.69, 9.17) is 11.6 Å². The van der Waals surface area contributed by atoms with E-state index in [1.807, 2.05) is 53.1 Å². The Hall–Kier alpha value is -5.93. The van der Waals surface area contributed by atoms with Crippen LogP contribution in [-0.4, -0.2) is 76.8 Å². The maximum Gasteiger partial charge on any atom is 0.326 e. The van der Waals surface area contributed by atoms with Gasteiger partial charge in [-0.2, -0.15) is 5.21 Å². The first-order chi connectivity index (χ1) is 26.2. The fraction of sp³-hybridized carbons (Fsp3) is 0.316. The summed E-state index contributed by atoms with van der Waals surface area (Å²) in [6.45, 7) is 2.64. The molecular weight excluding hydrogens is 714 g/mol. The number of amides is 3. The molecule has 16 heteroatoms. The lowest BCUT2D eigenvalue weighted by atomic mass is 9.97. The second kappa shape index (κ2) is 19.2. The molecule has 3 aromatic carbocycles. The number of hydrogen-bond donors (Lipinski definition) is 6. The molecule has 5 rings (SSSR count). The molecule has 2 atom stereocenters. The van der Waals surface area contributed by atoms with Crippen molar-refractivity contribution in [3.8, 4) is 22.5 Å². The van der Waals surface area contributed by atoms with Crippen LogP contribution in [0.4, 0.5) is 0 Å². The number of carbonyl (C=O) groups is 4. The van der Waals surface area contributed by atoms with Crippen LogP contribution in [0.5, 0.6) is 0 Å². The van der Waals surface area contributed by atoms with Gasteiger partial charge in [0.2, 0.25) is 11.7 Å². The van der Waals surface area contributed by atoms with Gasteiger partial charge in [0.1, 0.15) is 23.5 Å². The number of nitrogens with zero attached hydrogens (tertiary/aromatic N) is 5. The highest BCUT2D eigenvalue weighted by Crippen LogP contribution is 2.30. The van der Waals surface area contributed by atoms with Gasteiger partial charge >= 0.3 is 5.97 Å². The number of aliphatic carboxylic acids is 1. The number of aromatic nitrogens is 6. The van der Waals surface area contributed by atoms with Crippen molar-refractivity contribution >= 4 is 35.3 Å². The summed E-state index contributed by atoms with van der Waals surface area (Å²) >= 11 is 6.57. The number of aromatic amines is 1. The number of carboxylic acids is 1. The summed E-state index contributed by atoms with van der Waals surface area (Å²) in [4.78, 5) is 55.3. The maximum absolute atomic E-state index is 13.5. The Labute approximate surface area is 316 Å². The third-order valence-electron chi connectivity index (χ3n) is 8.94. The first kappa shape index (κ1) is 39.3. The minimum Gasteiger partial charge on any atom is -0.480 e. The molecule has 5 aromatic rings. The molecule has 15 nitrogen and oxygen atoms in total. The Balaban J connectivity index is 1.20. The van der Waals surface area contributed by atoms with E-state index in [2.05, 4.69) is 43.2 Å². The van der Waals surface area contributed by atoms with E-state index in [0.29, 0.717) is 43.0 Å². The molecule has 2 unspecified atom stereocenters. The van der Waals surface area contributed by atoms with Crippen LogP contribution < -0.4 is 16.1 Å². The number of imidazole rings is 1. The SMILES string of the molecule is CCCCc1nc(Cl)c(C(=O)NCCCCC(NC(=O)C(Cc2ccccc2)C(=O)NO)C(=O)O)n1Cc1ccc(-c2ccccc2-c2nn[nH]n2)cc1. The van der Waals surface area contributed by atoms with E-state index >= 15 is 0 Å². The van der Waals surface area contributed by atoms with Crippen molar-refractivity contribution in [2.45, 2.75) is 64.5 Å². The number of nitrogens with one attached hydrogen (secondary N) is 4. The fourth-order valence-corrected chi connectivity index (χ4v) is 6.36. The zero-order valence-electron chi connectivity index (χ0n) is 29.7. The largest absolute Gasteiger partial charge is 0.480 e. The van der Waals surface area contributed by atoms with Gasteiger partial charge < -0.3 is 20.3 Å². The van der Waals surface area contributed by atoms with Gasteiger partial charge in [-0.1, -0.05) is 104 Å². The lowest BCUT2D eigenvalue weighted by Crippen LogP contribution is -2.48. The number of carbonyl (C=O) groups excluding carboxylic acids is 3. The third kappa shape index (κ3) is 10.1. The predicted octanol–water partition coefficient (Wildman–Crippen LogP) is 4.61. The molecule has 2 heterocycles. The molecule has 6 N–H and O–H groups in total. The molecule has 0 spiro atoms. The highest BCUT2D eigenvalue weighted by molar-refractivity contribution is 6.32. The number of hydroxylamine groups is 1. The molecule has 3 amide bonds. The van der Waals surface area contributed by atoms with Crippen LogP contribution in [0.1, 0.15) is 66.5 Å². The molecule has 2 aromatic heterocycles. The first-order valence-corrected chi connectivity index (χ1v) is 18.0. The summed E-state index contributed by atoms with van der Waals surface area (Å²) in [6.07, 6.45) is 3.18. The van der Waals surface area contributed by atoms with E-state index in [1.54, 1.807) is 30.3 Å². The summed E-state index contributed by atoms with van der Waals surface area (Å²) in [5.41, 5.74) is 6.06. The molecule has 0 aliphatic rings. The highest BCUT2D eigenvalue weighted by Gasteiger charge is 2.30. The standard InChI is InChI=1S/C38H42ClN9O6/c1-2-3-16-31-42-33(39)32(48(31)23-25-17-19-26(20-18-25)27-13-7-8-14-28(27)34-43-46-47-44-34)37(51)40-21-10-9-15-30(38(52)53)41-35(49)29(36(50)45-54)22-24-11-5-4-6-12-24/h4-8,11-14,17-20,29-30,54H,2-3,9-10,15-16,21-23H2,1H3,(H,40,51)(H,41,49)(H,45,50)(H,52,53)(H,43,44,46,47). The summed E-state index contributed by atoms with van der Waals surface area (Å²) in [5.74, 6) is -3.61. The van der Waals surface area contributed by atoms with Crippen molar-refractivity contribution in [3.63, 3.8) is 0 Å². The fourth-order valence-electron chi connectivity index (χ4n) is 6.08. The molecule has 0 fully saturated rings. The second-order valence-electron chi connectivity index (χ2n) is 12.7. The van der Waals surface area contributed by atoms with Gasteiger partial charge in [0.05, 0.1) is 0 Å². The molecule has 0 aliphatic heterocycles. The number of rotatable bonds is 19. The summed E-state index contributed by atoms with van der Waals surface area (Å²) in [6, 6.07) is 23.2. The summed E-state index contributed by atoms with van der Waals surface area (Å²) < 4.78 is 1.83. The van der Waals surface area contributed by atoms with Crippen LogP contribution in [0, 0.1) is 5.92 Å². The summed E-state index contributed by atoms with van der Waals surface area (Å²) in [7, 11) is 0. The number of H-pyrrole nitrogens is 1. The number of unbranched alkanes of at least 4 members (excludes halogenated alkanes) is 2. The minimum absolute atomic E-state index is 0.0286. The maximum atomic E-state index is 13.5. The Morgan fingerprint density at radius 3 is 2.28 bits per heavy atom. The monoisotopic (exact) mass is 755 g/mol. The van der Waals surface area contributed by atoms with Crippen LogP contribution in [0.2, 0.25) is 5.15 Å². The number of hydrogen-bond acceptors (Lipinski definition) is 9. The van der Waals surface area contributed by atoms with E-state index in [9.17, 15) is 29.5 Å². The molecule has 0 bridgehead atoms. The Kier molecular flexibility index (Phi) is 14.0. The van der Waals surface area contributed by atoms with Gasteiger partial charge in [-0.15, -0.1) is 10.2 Å². The number of tetrazole rings is 1. The predicted molar refractivity (Wildman–Crippen MR) is 199 cm³/mol. The van der Waals surface area contributed by atoms with Crippen molar-refractivity contribution in [3.05, 3.63) is 107 Å². The number of halogens is 1.